The van der Waals surface area contributed by atoms with Crippen molar-refractivity contribution in [2.24, 2.45) is 0 Å². The topological polar surface area (TPSA) is 94.7 Å². The van der Waals surface area contributed by atoms with E-state index >= 15 is 0 Å². The molecule has 7 heteroatoms. The van der Waals surface area contributed by atoms with E-state index in [0.717, 1.165) is 31.4 Å². The number of hydrogen-bond donors (Lipinski definition) is 4. The lowest BCUT2D eigenvalue weighted by Gasteiger charge is -2.09. The van der Waals surface area contributed by atoms with Gasteiger partial charge < -0.3 is 24.8 Å². The Morgan fingerprint density at radius 1 is 1.38 bits per heavy atom. The Morgan fingerprint density at radius 2 is 2.19 bits per heavy atom. The number of phenolic OH excluding ortho intramolecular Hbond substituents is 1. The minimum Gasteiger partial charge on any atom is -0.507 e. The molecule has 3 rings (SSSR count). The summed E-state index contributed by atoms with van der Waals surface area (Å²) in [5, 5.41) is 14.2. The number of aromatic nitrogens is 1. The number of nitrogens with one attached hydrogen (secondary N) is 1. The van der Waals surface area contributed by atoms with Crippen LogP contribution in [0.1, 0.15) is 18.4 Å². The molecule has 1 unspecified atom stereocenters. The first kappa shape index (κ1) is 14.6. The van der Waals surface area contributed by atoms with Crippen molar-refractivity contribution >= 4 is 18.5 Å². The summed E-state index contributed by atoms with van der Waals surface area (Å²) >= 11 is 0. The van der Waals surface area contributed by atoms with Crippen molar-refractivity contribution in [2.45, 2.75) is 31.6 Å². The Labute approximate surface area is 122 Å². The molecule has 1 aliphatic heterocycles. The summed E-state index contributed by atoms with van der Waals surface area (Å²) in [7, 11) is -4.16. The van der Waals surface area contributed by atoms with E-state index < -0.39 is 7.60 Å². The van der Waals surface area contributed by atoms with Crippen molar-refractivity contribution in [3.63, 3.8) is 0 Å². The van der Waals surface area contributed by atoms with Crippen molar-refractivity contribution in [3.8, 4) is 5.75 Å². The van der Waals surface area contributed by atoms with E-state index in [2.05, 4.69) is 5.32 Å². The van der Waals surface area contributed by atoms with Crippen LogP contribution >= 0.6 is 7.60 Å². The van der Waals surface area contributed by atoms with Crippen LogP contribution in [-0.4, -0.2) is 32.0 Å². The smallest absolute Gasteiger partial charge is 0.345 e. The van der Waals surface area contributed by atoms with Gasteiger partial charge >= 0.3 is 7.60 Å². The van der Waals surface area contributed by atoms with Gasteiger partial charge in [0, 0.05) is 17.6 Å². The van der Waals surface area contributed by atoms with E-state index in [0.29, 0.717) is 16.9 Å². The summed E-state index contributed by atoms with van der Waals surface area (Å²) in [6.07, 6.45) is 4.35. The molecule has 2 aromatic rings. The minimum absolute atomic E-state index is 0.157. The normalized spacial score (nSPS) is 19.4. The molecule has 0 spiro atoms. The highest BCUT2D eigenvalue weighted by atomic mass is 31.2. The monoisotopic (exact) mass is 310 g/mol. The molecule has 2 heterocycles. The third kappa shape index (κ3) is 3.14. The summed E-state index contributed by atoms with van der Waals surface area (Å²) in [5.41, 5.74) is 1.59. The van der Waals surface area contributed by atoms with Crippen LogP contribution in [0, 0.1) is 0 Å². The van der Waals surface area contributed by atoms with Gasteiger partial charge in [0.2, 0.25) is 0 Å². The Morgan fingerprint density at radius 3 is 2.86 bits per heavy atom. The molecular formula is C14H19N2O4P. The maximum absolute atomic E-state index is 11.3. The number of hydrogen-bond acceptors (Lipinski definition) is 3. The molecule has 0 aliphatic carbocycles. The molecule has 1 aromatic carbocycles. The van der Waals surface area contributed by atoms with E-state index in [1.807, 2.05) is 0 Å². The lowest BCUT2D eigenvalue weighted by Crippen LogP contribution is -2.23. The van der Waals surface area contributed by atoms with Crippen molar-refractivity contribution in [1.82, 2.24) is 9.88 Å². The maximum Gasteiger partial charge on any atom is 0.345 e. The zero-order valence-electron chi connectivity index (χ0n) is 11.6. The van der Waals surface area contributed by atoms with Crippen LogP contribution in [0.2, 0.25) is 0 Å². The summed E-state index contributed by atoms with van der Waals surface area (Å²) < 4.78 is 12.8. The number of aromatic hydroxyl groups is 1. The van der Waals surface area contributed by atoms with Crippen LogP contribution in [-0.2, 0) is 17.3 Å². The zero-order valence-corrected chi connectivity index (χ0v) is 12.5. The molecule has 4 N–H and O–H groups in total. The number of fused-ring (bicyclic) bond motifs is 1. The molecule has 21 heavy (non-hydrogen) atoms. The van der Waals surface area contributed by atoms with Crippen LogP contribution in [0.25, 0.3) is 10.9 Å². The molecule has 0 bridgehead atoms. The fourth-order valence-corrected chi connectivity index (χ4v) is 3.72. The van der Waals surface area contributed by atoms with Crippen molar-refractivity contribution in [1.29, 1.82) is 0 Å². The Kier molecular flexibility index (Phi) is 3.80. The molecular weight excluding hydrogens is 291 g/mol. The largest absolute Gasteiger partial charge is 0.507 e. The van der Waals surface area contributed by atoms with E-state index in [-0.39, 0.29) is 12.0 Å². The highest BCUT2D eigenvalue weighted by Crippen LogP contribution is 2.40. The van der Waals surface area contributed by atoms with Crippen LogP contribution < -0.4 is 5.32 Å². The van der Waals surface area contributed by atoms with E-state index in [4.69, 9.17) is 0 Å². The molecule has 0 radical (unpaired) electrons. The van der Waals surface area contributed by atoms with Gasteiger partial charge in [-0.3, -0.25) is 4.57 Å². The first-order chi connectivity index (χ1) is 9.94. The average Bonchev–Trinajstić information content (AvgIpc) is 2.98. The molecule has 0 saturated carbocycles. The number of nitrogens with zero attached hydrogens (tertiary/aromatic N) is 1. The van der Waals surface area contributed by atoms with Gasteiger partial charge in [0.25, 0.3) is 0 Å². The zero-order chi connectivity index (χ0) is 15.0. The molecule has 114 valence electrons. The maximum atomic E-state index is 11.3. The van der Waals surface area contributed by atoms with Gasteiger partial charge in [0.1, 0.15) is 12.0 Å². The number of phenols is 1. The third-order valence-corrected chi connectivity index (χ3v) is 4.60. The highest BCUT2D eigenvalue weighted by Gasteiger charge is 2.22. The average molecular weight is 310 g/mol. The van der Waals surface area contributed by atoms with Gasteiger partial charge in [-0.1, -0.05) is 6.07 Å². The standard InChI is InChI=1S/C14H19N2O4P/c17-13-5-1-4-12-14(13)10(7-11-3-2-6-15-11)8-16(12)9-21(18,19)20/h1,4-5,8,11,15,17H,2-3,6-7,9H2,(H2,18,19,20). The second-order valence-corrected chi connectivity index (χ2v) is 7.21. The second-order valence-electron chi connectivity index (χ2n) is 5.60. The van der Waals surface area contributed by atoms with E-state index in [9.17, 15) is 19.5 Å². The first-order valence-electron chi connectivity index (χ1n) is 7.02. The van der Waals surface area contributed by atoms with Crippen LogP contribution in [0.5, 0.6) is 5.75 Å². The minimum atomic E-state index is -4.16. The van der Waals surface area contributed by atoms with Gasteiger partial charge in [-0.2, -0.15) is 0 Å². The van der Waals surface area contributed by atoms with Crippen molar-refractivity contribution < 1.29 is 19.5 Å². The van der Waals surface area contributed by atoms with Crippen LogP contribution in [0.4, 0.5) is 0 Å². The lowest BCUT2D eigenvalue weighted by atomic mass is 10.0. The number of benzene rings is 1. The van der Waals surface area contributed by atoms with Crippen molar-refractivity contribution in [2.75, 3.05) is 6.54 Å². The molecule has 1 atom stereocenters. The van der Waals surface area contributed by atoms with Crippen LogP contribution in [0.3, 0.4) is 0 Å². The fourth-order valence-electron chi connectivity index (χ4n) is 3.09. The van der Waals surface area contributed by atoms with Crippen LogP contribution in [0.15, 0.2) is 24.4 Å². The Balaban J connectivity index is 2.04. The summed E-state index contributed by atoms with van der Waals surface area (Å²) in [4.78, 5) is 18.4. The van der Waals surface area contributed by atoms with Gasteiger partial charge in [-0.05, 0) is 43.5 Å². The first-order valence-corrected chi connectivity index (χ1v) is 8.81. The Hall–Kier alpha value is -1.33. The second kappa shape index (κ2) is 5.46. The van der Waals surface area contributed by atoms with Gasteiger partial charge in [-0.25, -0.2) is 0 Å². The summed E-state index contributed by atoms with van der Waals surface area (Å²) in [6.45, 7) is 0.998. The van der Waals surface area contributed by atoms with Gasteiger partial charge in [-0.15, -0.1) is 0 Å². The summed E-state index contributed by atoms with van der Waals surface area (Å²) in [5.74, 6) is 0.157. The highest BCUT2D eigenvalue weighted by molar-refractivity contribution is 7.50. The van der Waals surface area contributed by atoms with Crippen molar-refractivity contribution in [3.05, 3.63) is 30.0 Å². The van der Waals surface area contributed by atoms with E-state index in [1.165, 1.54) is 0 Å². The molecule has 1 saturated heterocycles. The lowest BCUT2D eigenvalue weighted by molar-refractivity contribution is 0.363. The molecule has 6 nitrogen and oxygen atoms in total. The fraction of sp³-hybridized carbons (Fsp3) is 0.429. The predicted molar refractivity (Wildman–Crippen MR) is 80.4 cm³/mol. The van der Waals surface area contributed by atoms with Gasteiger partial charge in [0.15, 0.2) is 0 Å². The van der Waals surface area contributed by atoms with E-state index in [1.54, 1.807) is 29.0 Å². The molecule has 0 amide bonds. The summed E-state index contributed by atoms with van der Waals surface area (Å²) in [6, 6.07) is 5.43. The molecule has 1 aromatic heterocycles. The predicted octanol–water partition coefficient (Wildman–Crippen LogP) is 1.78. The Bertz CT molecular complexity index is 700. The molecule has 1 aliphatic rings. The molecule has 1 fully saturated rings. The quantitative estimate of drug-likeness (QED) is 0.646. The third-order valence-electron chi connectivity index (χ3n) is 3.93. The number of rotatable bonds is 4. The van der Waals surface area contributed by atoms with Gasteiger partial charge in [0.05, 0.1) is 5.52 Å². The SMILES string of the molecule is O=P(O)(O)Cn1cc(CC2CCCN2)c2c(O)cccc21.